The van der Waals surface area contributed by atoms with E-state index in [1.807, 2.05) is 45.0 Å². The van der Waals surface area contributed by atoms with Crippen molar-refractivity contribution in [1.29, 1.82) is 0 Å². The molecule has 1 aromatic carbocycles. The van der Waals surface area contributed by atoms with Crippen molar-refractivity contribution in [2.24, 2.45) is 9.98 Å². The summed E-state index contributed by atoms with van der Waals surface area (Å²) in [7, 11) is 0. The van der Waals surface area contributed by atoms with Crippen LogP contribution in [0.4, 0.5) is 0 Å². The highest BCUT2D eigenvalue weighted by Crippen LogP contribution is 2.26. The van der Waals surface area contributed by atoms with Gasteiger partial charge in [-0.25, -0.2) is 9.59 Å². The lowest BCUT2D eigenvalue weighted by Crippen LogP contribution is -2.13. The molecule has 0 aromatic heterocycles. The summed E-state index contributed by atoms with van der Waals surface area (Å²) in [5.74, 6) is 0. The van der Waals surface area contributed by atoms with Gasteiger partial charge in [-0.3, -0.25) is 0 Å². The number of carbonyl (C=O) groups excluding carboxylic acids is 2. The van der Waals surface area contributed by atoms with Crippen LogP contribution in [0.5, 0.6) is 0 Å². The second kappa shape index (κ2) is 5.35. The molecule has 0 saturated carbocycles. The average Bonchev–Trinajstić information content (AvgIpc) is 2.29. The van der Waals surface area contributed by atoms with Gasteiger partial charge in [0.15, 0.2) is 0 Å². The van der Waals surface area contributed by atoms with Gasteiger partial charge in [0.05, 0.1) is 11.6 Å². The molecule has 0 saturated heterocycles. The van der Waals surface area contributed by atoms with Gasteiger partial charge in [-0.2, -0.15) is 9.98 Å². The lowest BCUT2D eigenvalue weighted by molar-refractivity contribution is 0.522. The molecule has 0 aliphatic carbocycles. The molecular weight excluding hydrogens is 216 g/mol. The Labute approximate surface area is 100 Å². The van der Waals surface area contributed by atoms with Crippen molar-refractivity contribution in [3.63, 3.8) is 0 Å². The lowest BCUT2D eigenvalue weighted by Gasteiger charge is -2.18. The normalized spacial score (nSPS) is 12.2. The zero-order chi connectivity index (χ0) is 12.9. The lowest BCUT2D eigenvalue weighted by atomic mass is 9.93. The summed E-state index contributed by atoms with van der Waals surface area (Å²) in [6.45, 7) is 5.48. The van der Waals surface area contributed by atoms with E-state index in [0.29, 0.717) is 0 Å². The van der Waals surface area contributed by atoms with E-state index in [1.165, 1.54) is 6.08 Å². The Morgan fingerprint density at radius 1 is 1.12 bits per heavy atom. The summed E-state index contributed by atoms with van der Waals surface area (Å²) in [6, 6.07) is 7.26. The van der Waals surface area contributed by atoms with E-state index >= 15 is 0 Å². The molecule has 88 valence electrons. The van der Waals surface area contributed by atoms with Gasteiger partial charge in [-0.05, 0) is 31.9 Å². The Bertz CT molecular complexity index is 479. The van der Waals surface area contributed by atoms with Gasteiger partial charge in [-0.1, -0.05) is 24.3 Å². The van der Waals surface area contributed by atoms with Crippen LogP contribution in [0.15, 0.2) is 34.3 Å². The fraction of sp³-hybridized carbons (Fsp3) is 0.385. The molecule has 0 aliphatic rings. The zero-order valence-corrected chi connectivity index (χ0v) is 10.1. The average molecular weight is 230 g/mol. The van der Waals surface area contributed by atoms with Crippen LogP contribution >= 0.6 is 0 Å². The first-order valence-corrected chi connectivity index (χ1v) is 5.27. The molecule has 0 radical (unpaired) electrons. The molecule has 0 spiro atoms. The summed E-state index contributed by atoms with van der Waals surface area (Å²) in [5, 5.41) is 0. The molecule has 0 amide bonds. The molecule has 0 fully saturated rings. The maximum Gasteiger partial charge on any atom is 0.235 e. The van der Waals surface area contributed by atoms with Crippen LogP contribution in [0, 0.1) is 0 Å². The minimum Gasteiger partial charge on any atom is -0.211 e. The van der Waals surface area contributed by atoms with Crippen molar-refractivity contribution in [3.05, 3.63) is 35.4 Å². The van der Waals surface area contributed by atoms with E-state index in [2.05, 4.69) is 9.98 Å². The Morgan fingerprint density at radius 2 is 1.71 bits per heavy atom. The van der Waals surface area contributed by atoms with E-state index in [0.717, 1.165) is 11.1 Å². The van der Waals surface area contributed by atoms with Gasteiger partial charge in [0.2, 0.25) is 12.2 Å². The number of nitrogens with zero attached hydrogens (tertiary/aromatic N) is 2. The van der Waals surface area contributed by atoms with Gasteiger partial charge < -0.3 is 0 Å². The summed E-state index contributed by atoms with van der Waals surface area (Å²) in [5.41, 5.74) is 1.24. The van der Waals surface area contributed by atoms with Gasteiger partial charge in [0.1, 0.15) is 0 Å². The summed E-state index contributed by atoms with van der Waals surface area (Å²) >= 11 is 0. The second-order valence-electron chi connectivity index (χ2n) is 4.28. The van der Waals surface area contributed by atoms with E-state index in [4.69, 9.17) is 0 Å². The van der Waals surface area contributed by atoms with Crippen molar-refractivity contribution in [1.82, 2.24) is 0 Å². The van der Waals surface area contributed by atoms with Crippen molar-refractivity contribution in [2.45, 2.75) is 32.4 Å². The van der Waals surface area contributed by atoms with Crippen LogP contribution in [0.1, 0.15) is 37.9 Å². The molecule has 1 atom stereocenters. The minimum absolute atomic E-state index is 0.209. The molecule has 1 unspecified atom stereocenters. The Morgan fingerprint density at radius 3 is 2.18 bits per heavy atom. The maximum atomic E-state index is 10.3. The predicted molar refractivity (Wildman–Crippen MR) is 64.1 cm³/mol. The smallest absolute Gasteiger partial charge is 0.211 e. The van der Waals surface area contributed by atoms with E-state index in [9.17, 15) is 9.59 Å². The van der Waals surface area contributed by atoms with Crippen LogP contribution in [0.3, 0.4) is 0 Å². The number of hydrogen-bond donors (Lipinski definition) is 0. The molecule has 1 aromatic rings. The number of benzene rings is 1. The third-order valence-electron chi connectivity index (χ3n) is 2.67. The number of rotatable bonds is 4. The van der Waals surface area contributed by atoms with Crippen molar-refractivity contribution >= 4 is 12.2 Å². The molecule has 0 heterocycles. The van der Waals surface area contributed by atoms with Crippen molar-refractivity contribution in [2.75, 3.05) is 0 Å². The standard InChI is InChI=1S/C13H14N2O2/c1-10(14-8-16)11-4-6-12(7-5-11)13(2,3)15-9-17/h4-7,10H,1-3H3. The second-order valence-corrected chi connectivity index (χ2v) is 4.28. The van der Waals surface area contributed by atoms with Gasteiger partial charge >= 0.3 is 0 Å². The largest absolute Gasteiger partial charge is 0.235 e. The van der Waals surface area contributed by atoms with Crippen LogP contribution in [-0.4, -0.2) is 12.2 Å². The number of aliphatic imine (C=N–C) groups is 2. The molecule has 4 heteroatoms. The zero-order valence-electron chi connectivity index (χ0n) is 10.1. The molecule has 4 nitrogen and oxygen atoms in total. The first kappa shape index (κ1) is 13.0. The topological polar surface area (TPSA) is 58.9 Å². The summed E-state index contributed by atoms with van der Waals surface area (Å²) < 4.78 is 0. The monoisotopic (exact) mass is 230 g/mol. The summed E-state index contributed by atoms with van der Waals surface area (Å²) in [6.07, 6.45) is 3.11. The fourth-order valence-electron chi connectivity index (χ4n) is 1.50. The first-order valence-electron chi connectivity index (χ1n) is 5.27. The molecule has 0 aliphatic heterocycles. The predicted octanol–water partition coefficient (Wildman–Crippen LogP) is 2.65. The fourth-order valence-corrected chi connectivity index (χ4v) is 1.50. The SMILES string of the molecule is CC(N=C=O)c1ccc(C(C)(C)N=C=O)cc1. The van der Waals surface area contributed by atoms with E-state index < -0.39 is 5.54 Å². The molecule has 0 bridgehead atoms. The van der Waals surface area contributed by atoms with E-state index in [1.54, 1.807) is 6.08 Å². The van der Waals surface area contributed by atoms with Gasteiger partial charge in [-0.15, -0.1) is 0 Å². The van der Waals surface area contributed by atoms with Crippen LogP contribution in [0.2, 0.25) is 0 Å². The first-order chi connectivity index (χ1) is 8.01. The highest BCUT2D eigenvalue weighted by Gasteiger charge is 2.19. The van der Waals surface area contributed by atoms with Gasteiger partial charge in [0.25, 0.3) is 0 Å². The van der Waals surface area contributed by atoms with Crippen LogP contribution < -0.4 is 0 Å². The third-order valence-corrected chi connectivity index (χ3v) is 2.67. The van der Waals surface area contributed by atoms with Crippen LogP contribution in [-0.2, 0) is 15.1 Å². The van der Waals surface area contributed by atoms with E-state index in [-0.39, 0.29) is 6.04 Å². The Kier molecular flexibility index (Phi) is 4.11. The highest BCUT2D eigenvalue weighted by molar-refractivity contribution is 5.39. The maximum absolute atomic E-state index is 10.3. The quantitative estimate of drug-likeness (QED) is 0.589. The Balaban J connectivity index is 3.03. The number of hydrogen-bond acceptors (Lipinski definition) is 4. The summed E-state index contributed by atoms with van der Waals surface area (Å²) in [4.78, 5) is 27.8. The molecule has 1 rings (SSSR count). The molecular formula is C13H14N2O2. The minimum atomic E-state index is -0.586. The molecule has 0 N–H and O–H groups in total. The van der Waals surface area contributed by atoms with Crippen molar-refractivity contribution in [3.8, 4) is 0 Å². The van der Waals surface area contributed by atoms with Crippen molar-refractivity contribution < 1.29 is 9.59 Å². The highest BCUT2D eigenvalue weighted by atomic mass is 16.1. The Hall–Kier alpha value is -2.02. The molecule has 17 heavy (non-hydrogen) atoms. The number of isocyanates is 2. The third kappa shape index (κ3) is 3.22. The van der Waals surface area contributed by atoms with Gasteiger partial charge in [0, 0.05) is 0 Å². The van der Waals surface area contributed by atoms with Crippen LogP contribution in [0.25, 0.3) is 0 Å².